The monoisotopic (exact) mass is 359 g/mol. The van der Waals surface area contributed by atoms with Crippen LogP contribution in [0.3, 0.4) is 0 Å². The van der Waals surface area contributed by atoms with Crippen molar-refractivity contribution in [2.75, 3.05) is 0 Å². The van der Waals surface area contributed by atoms with E-state index < -0.39 is 22.0 Å². The number of carboxylic acid groups (broad SMARTS) is 1. The zero-order valence-corrected chi connectivity index (χ0v) is 14.0. The Labute approximate surface area is 137 Å². The number of thiophene rings is 1. The Kier molecular flexibility index (Phi) is 5.23. The van der Waals surface area contributed by atoms with E-state index in [9.17, 15) is 13.2 Å². The topological polar surface area (TPSA) is 83.5 Å². The number of benzene rings is 1. The lowest BCUT2D eigenvalue weighted by atomic mass is 10.0. The first-order valence-electron chi connectivity index (χ1n) is 6.34. The molecule has 1 aromatic heterocycles. The summed E-state index contributed by atoms with van der Waals surface area (Å²) in [5.74, 6) is -1.09. The lowest BCUT2D eigenvalue weighted by Gasteiger charge is -2.17. The molecule has 0 spiro atoms. The molecule has 0 aliphatic carbocycles. The zero-order valence-electron chi connectivity index (χ0n) is 11.6. The molecule has 1 unspecified atom stereocenters. The number of nitrogens with one attached hydrogen (secondary N) is 1. The third-order valence-electron chi connectivity index (χ3n) is 2.97. The van der Waals surface area contributed by atoms with E-state index in [2.05, 4.69) is 4.72 Å². The maximum Gasteiger partial charge on any atom is 0.305 e. The molecule has 0 amide bonds. The lowest BCUT2D eigenvalue weighted by Crippen LogP contribution is -2.29. The van der Waals surface area contributed by atoms with Crippen LogP contribution in [0.25, 0.3) is 0 Å². The smallest absolute Gasteiger partial charge is 0.305 e. The predicted octanol–water partition coefficient (Wildman–Crippen LogP) is 3.20. The van der Waals surface area contributed by atoms with Gasteiger partial charge in [-0.05, 0) is 24.6 Å². The molecule has 2 rings (SSSR count). The average Bonchev–Trinajstić information content (AvgIpc) is 2.85. The summed E-state index contributed by atoms with van der Waals surface area (Å²) in [5, 5.41) is 9.02. The molecule has 118 valence electrons. The molecular formula is C14H14ClNO4S2. The van der Waals surface area contributed by atoms with Gasteiger partial charge in [0, 0.05) is 0 Å². The zero-order chi connectivity index (χ0) is 16.3. The second kappa shape index (κ2) is 6.78. The average molecular weight is 360 g/mol. The number of hydrogen-bond donors (Lipinski definition) is 2. The number of rotatable bonds is 6. The van der Waals surface area contributed by atoms with E-state index in [1.807, 2.05) is 6.92 Å². The molecule has 1 aromatic carbocycles. The second-order valence-electron chi connectivity index (χ2n) is 4.74. The molecule has 0 saturated heterocycles. The molecule has 2 aromatic rings. The number of hydrogen-bond acceptors (Lipinski definition) is 4. The van der Waals surface area contributed by atoms with E-state index in [-0.39, 0.29) is 10.6 Å². The molecule has 0 saturated carbocycles. The summed E-state index contributed by atoms with van der Waals surface area (Å²) in [7, 11) is -3.82. The number of aliphatic carboxylic acids is 1. The van der Waals surface area contributed by atoms with E-state index in [0.717, 1.165) is 16.9 Å². The third kappa shape index (κ3) is 4.30. The minimum atomic E-state index is -3.82. The van der Waals surface area contributed by atoms with Crippen LogP contribution in [0.5, 0.6) is 0 Å². The Morgan fingerprint density at radius 2 is 1.91 bits per heavy atom. The highest BCUT2D eigenvalue weighted by atomic mass is 35.5. The first-order chi connectivity index (χ1) is 10.3. The van der Waals surface area contributed by atoms with E-state index in [4.69, 9.17) is 16.7 Å². The van der Waals surface area contributed by atoms with Gasteiger partial charge < -0.3 is 5.11 Å². The summed E-state index contributed by atoms with van der Waals surface area (Å²) in [6, 6.07) is 9.07. The van der Waals surface area contributed by atoms with Gasteiger partial charge in [0.25, 0.3) is 10.0 Å². The maximum absolute atomic E-state index is 12.3. The van der Waals surface area contributed by atoms with Crippen molar-refractivity contribution in [2.24, 2.45) is 0 Å². The van der Waals surface area contributed by atoms with Crippen LogP contribution in [0, 0.1) is 6.92 Å². The van der Waals surface area contributed by atoms with E-state index in [1.54, 1.807) is 24.3 Å². The van der Waals surface area contributed by atoms with Gasteiger partial charge in [-0.25, -0.2) is 13.1 Å². The molecule has 0 fully saturated rings. The highest BCUT2D eigenvalue weighted by Crippen LogP contribution is 2.27. The Morgan fingerprint density at radius 1 is 1.27 bits per heavy atom. The summed E-state index contributed by atoms with van der Waals surface area (Å²) in [6.45, 7) is 1.90. The van der Waals surface area contributed by atoms with Gasteiger partial charge in [0.15, 0.2) is 0 Å². The minimum absolute atomic E-state index is 0.0556. The fourth-order valence-corrected chi connectivity index (χ4v) is 4.61. The normalized spacial score (nSPS) is 13.0. The minimum Gasteiger partial charge on any atom is -0.481 e. The third-order valence-corrected chi connectivity index (χ3v) is 6.16. The lowest BCUT2D eigenvalue weighted by molar-refractivity contribution is -0.137. The molecule has 5 nitrogen and oxygen atoms in total. The van der Waals surface area contributed by atoms with Crippen molar-refractivity contribution >= 4 is 38.9 Å². The Hall–Kier alpha value is -1.41. The SMILES string of the molecule is Cc1ccc(C(CC(=O)O)NS(=O)(=O)c2ccc(Cl)s2)cc1. The standard InChI is InChI=1S/C14H14ClNO4S2/c1-9-2-4-10(5-3-9)11(8-13(17)18)16-22(19,20)14-7-6-12(15)21-14/h2-7,11,16H,8H2,1H3,(H,17,18). The molecule has 0 aliphatic heterocycles. The van der Waals surface area contributed by atoms with Gasteiger partial charge >= 0.3 is 5.97 Å². The van der Waals surface area contributed by atoms with Gasteiger partial charge in [0.1, 0.15) is 4.21 Å². The molecule has 8 heteroatoms. The largest absolute Gasteiger partial charge is 0.481 e. The van der Waals surface area contributed by atoms with Gasteiger partial charge in [0.05, 0.1) is 16.8 Å². The van der Waals surface area contributed by atoms with Crippen molar-refractivity contribution in [1.82, 2.24) is 4.72 Å². The molecule has 2 N–H and O–H groups in total. The Balaban J connectivity index is 2.30. The summed E-state index contributed by atoms with van der Waals surface area (Å²) in [6.07, 6.45) is -0.346. The molecule has 0 aliphatic rings. The molecule has 0 bridgehead atoms. The quantitative estimate of drug-likeness (QED) is 0.829. The number of halogens is 1. The van der Waals surface area contributed by atoms with Crippen LogP contribution in [-0.4, -0.2) is 19.5 Å². The molecular weight excluding hydrogens is 346 g/mol. The van der Waals surface area contributed by atoms with Gasteiger partial charge in [-0.2, -0.15) is 0 Å². The number of carbonyl (C=O) groups is 1. The number of sulfonamides is 1. The van der Waals surface area contributed by atoms with Crippen molar-refractivity contribution in [3.05, 3.63) is 51.9 Å². The van der Waals surface area contributed by atoms with Gasteiger partial charge in [-0.15, -0.1) is 11.3 Å². The van der Waals surface area contributed by atoms with Gasteiger partial charge in [-0.1, -0.05) is 41.4 Å². The van der Waals surface area contributed by atoms with Crippen molar-refractivity contribution < 1.29 is 18.3 Å². The van der Waals surface area contributed by atoms with Crippen molar-refractivity contribution in [1.29, 1.82) is 0 Å². The predicted molar refractivity (Wildman–Crippen MR) is 85.8 cm³/mol. The van der Waals surface area contributed by atoms with Crippen LogP contribution in [0.2, 0.25) is 4.34 Å². The van der Waals surface area contributed by atoms with Crippen LogP contribution >= 0.6 is 22.9 Å². The summed E-state index contributed by atoms with van der Waals surface area (Å²) >= 11 is 6.67. The number of carboxylic acids is 1. The fraction of sp³-hybridized carbons (Fsp3) is 0.214. The fourth-order valence-electron chi connectivity index (χ4n) is 1.89. The van der Waals surface area contributed by atoms with Crippen molar-refractivity contribution in [2.45, 2.75) is 23.6 Å². The van der Waals surface area contributed by atoms with Crippen LogP contribution in [-0.2, 0) is 14.8 Å². The summed E-state index contributed by atoms with van der Waals surface area (Å²) in [4.78, 5) is 11.0. The first kappa shape index (κ1) is 17.0. The van der Waals surface area contributed by atoms with Crippen molar-refractivity contribution in [3.8, 4) is 0 Å². The Morgan fingerprint density at radius 3 is 2.41 bits per heavy atom. The Bertz CT molecular complexity index is 768. The summed E-state index contributed by atoms with van der Waals surface area (Å²) < 4.78 is 27.5. The highest BCUT2D eigenvalue weighted by molar-refractivity contribution is 7.91. The van der Waals surface area contributed by atoms with Crippen LogP contribution < -0.4 is 4.72 Å². The highest BCUT2D eigenvalue weighted by Gasteiger charge is 2.24. The van der Waals surface area contributed by atoms with Crippen LogP contribution in [0.15, 0.2) is 40.6 Å². The van der Waals surface area contributed by atoms with Gasteiger partial charge in [-0.3, -0.25) is 4.79 Å². The van der Waals surface area contributed by atoms with E-state index >= 15 is 0 Å². The molecule has 1 heterocycles. The van der Waals surface area contributed by atoms with E-state index in [0.29, 0.717) is 9.90 Å². The van der Waals surface area contributed by atoms with E-state index in [1.165, 1.54) is 12.1 Å². The number of aryl methyl sites for hydroxylation is 1. The first-order valence-corrected chi connectivity index (χ1v) is 9.02. The molecule has 22 heavy (non-hydrogen) atoms. The molecule has 0 radical (unpaired) electrons. The van der Waals surface area contributed by atoms with Crippen LogP contribution in [0.4, 0.5) is 0 Å². The summed E-state index contributed by atoms with van der Waals surface area (Å²) in [5.41, 5.74) is 1.60. The second-order valence-corrected chi connectivity index (χ2v) is 8.40. The van der Waals surface area contributed by atoms with Crippen molar-refractivity contribution in [3.63, 3.8) is 0 Å². The maximum atomic E-state index is 12.3. The van der Waals surface area contributed by atoms with Gasteiger partial charge in [0.2, 0.25) is 0 Å². The molecule has 1 atom stereocenters. The van der Waals surface area contributed by atoms with Crippen LogP contribution in [0.1, 0.15) is 23.6 Å².